The van der Waals surface area contributed by atoms with Crippen molar-refractivity contribution in [1.82, 2.24) is 5.32 Å². The molecule has 2 nitrogen and oxygen atoms in total. The van der Waals surface area contributed by atoms with E-state index in [9.17, 15) is 0 Å². The number of nitrogens with one attached hydrogen (secondary N) is 1. The van der Waals surface area contributed by atoms with Gasteiger partial charge < -0.3 is 4.74 Å². The third-order valence-electron chi connectivity index (χ3n) is 2.82. The Kier molecular flexibility index (Phi) is 2.81. The first-order valence-electron chi connectivity index (χ1n) is 5.59. The lowest BCUT2D eigenvalue weighted by atomic mass is 10.1. The van der Waals surface area contributed by atoms with Gasteiger partial charge in [0.25, 0.3) is 0 Å². The SMILES string of the molecule is CCc1ccc(C2NC(C)(C)CO2)cc1. The molecule has 2 rings (SSSR count). The third-order valence-corrected chi connectivity index (χ3v) is 2.82. The number of hydrogen-bond donors (Lipinski definition) is 1. The molecule has 1 aromatic rings. The van der Waals surface area contributed by atoms with Crippen LogP contribution in [0.5, 0.6) is 0 Å². The molecule has 1 aliphatic heterocycles. The average molecular weight is 205 g/mol. The predicted octanol–water partition coefficient (Wildman–Crippen LogP) is 2.65. The monoisotopic (exact) mass is 205 g/mol. The summed E-state index contributed by atoms with van der Waals surface area (Å²) in [7, 11) is 0. The minimum atomic E-state index is 0.0610. The minimum Gasteiger partial charge on any atom is -0.357 e. The van der Waals surface area contributed by atoms with E-state index in [2.05, 4.69) is 50.4 Å². The van der Waals surface area contributed by atoms with Gasteiger partial charge in [-0.25, -0.2) is 0 Å². The van der Waals surface area contributed by atoms with E-state index in [-0.39, 0.29) is 11.8 Å². The van der Waals surface area contributed by atoms with Crippen molar-refractivity contribution in [1.29, 1.82) is 0 Å². The van der Waals surface area contributed by atoms with Gasteiger partial charge in [-0.05, 0) is 31.4 Å². The first kappa shape index (κ1) is 10.7. The van der Waals surface area contributed by atoms with Gasteiger partial charge in [0.2, 0.25) is 0 Å². The van der Waals surface area contributed by atoms with Gasteiger partial charge in [0.15, 0.2) is 0 Å². The van der Waals surface area contributed by atoms with Gasteiger partial charge >= 0.3 is 0 Å². The molecule has 0 saturated carbocycles. The highest BCUT2D eigenvalue weighted by Gasteiger charge is 2.31. The fraction of sp³-hybridized carbons (Fsp3) is 0.538. The second kappa shape index (κ2) is 3.95. The van der Waals surface area contributed by atoms with Crippen LogP contribution in [0.25, 0.3) is 0 Å². The Labute approximate surface area is 91.6 Å². The molecule has 0 spiro atoms. The number of rotatable bonds is 2. The lowest BCUT2D eigenvalue weighted by molar-refractivity contribution is 0.0989. The standard InChI is InChI=1S/C13H19NO/c1-4-10-5-7-11(8-6-10)12-14-13(2,3)9-15-12/h5-8,12,14H,4,9H2,1-3H3. The molecule has 1 fully saturated rings. The van der Waals surface area contributed by atoms with Crippen molar-refractivity contribution in [3.8, 4) is 0 Å². The zero-order valence-electron chi connectivity index (χ0n) is 9.71. The van der Waals surface area contributed by atoms with E-state index in [0.717, 1.165) is 13.0 Å². The summed E-state index contributed by atoms with van der Waals surface area (Å²) in [5, 5.41) is 3.46. The second-order valence-corrected chi connectivity index (χ2v) is 4.81. The highest BCUT2D eigenvalue weighted by Crippen LogP contribution is 2.25. The van der Waals surface area contributed by atoms with Crippen LogP contribution in [0.1, 0.15) is 38.1 Å². The lowest BCUT2D eigenvalue weighted by Crippen LogP contribution is -2.35. The van der Waals surface area contributed by atoms with E-state index in [1.54, 1.807) is 0 Å². The van der Waals surface area contributed by atoms with Gasteiger partial charge in [-0.3, -0.25) is 5.32 Å². The van der Waals surface area contributed by atoms with Crippen LogP contribution in [0, 0.1) is 0 Å². The Morgan fingerprint density at radius 2 is 2.00 bits per heavy atom. The highest BCUT2D eigenvalue weighted by atomic mass is 16.5. The van der Waals surface area contributed by atoms with Crippen LogP contribution in [-0.2, 0) is 11.2 Å². The molecule has 1 aromatic carbocycles. The molecule has 82 valence electrons. The van der Waals surface area contributed by atoms with Crippen molar-refractivity contribution in [3.05, 3.63) is 35.4 Å². The van der Waals surface area contributed by atoms with Crippen molar-refractivity contribution < 1.29 is 4.74 Å². The first-order chi connectivity index (χ1) is 7.11. The van der Waals surface area contributed by atoms with Gasteiger partial charge in [-0.2, -0.15) is 0 Å². The summed E-state index contributed by atoms with van der Waals surface area (Å²) in [6.07, 6.45) is 1.15. The van der Waals surface area contributed by atoms with Crippen LogP contribution in [0.3, 0.4) is 0 Å². The number of ether oxygens (including phenoxy) is 1. The maximum absolute atomic E-state index is 5.72. The maximum atomic E-state index is 5.72. The zero-order chi connectivity index (χ0) is 10.9. The van der Waals surface area contributed by atoms with Crippen LogP contribution < -0.4 is 5.32 Å². The summed E-state index contributed by atoms with van der Waals surface area (Å²) >= 11 is 0. The molecule has 1 heterocycles. The Morgan fingerprint density at radius 3 is 2.47 bits per heavy atom. The van der Waals surface area contributed by atoms with Crippen molar-refractivity contribution in [2.24, 2.45) is 0 Å². The molecule has 0 aliphatic carbocycles. The Hall–Kier alpha value is -0.860. The van der Waals surface area contributed by atoms with Crippen molar-refractivity contribution in [2.75, 3.05) is 6.61 Å². The third kappa shape index (κ3) is 2.39. The molecule has 1 N–H and O–H groups in total. The summed E-state index contributed by atoms with van der Waals surface area (Å²) < 4.78 is 5.72. The molecule has 15 heavy (non-hydrogen) atoms. The van der Waals surface area contributed by atoms with Gasteiger partial charge in [0.1, 0.15) is 6.23 Å². The van der Waals surface area contributed by atoms with E-state index in [1.165, 1.54) is 11.1 Å². The summed E-state index contributed by atoms with van der Waals surface area (Å²) in [6.45, 7) is 7.26. The summed E-state index contributed by atoms with van der Waals surface area (Å²) in [4.78, 5) is 0. The largest absolute Gasteiger partial charge is 0.357 e. The van der Waals surface area contributed by atoms with E-state index in [4.69, 9.17) is 4.74 Å². The zero-order valence-corrected chi connectivity index (χ0v) is 9.71. The first-order valence-corrected chi connectivity index (χ1v) is 5.59. The lowest BCUT2D eigenvalue weighted by Gasteiger charge is -2.17. The number of hydrogen-bond acceptors (Lipinski definition) is 2. The van der Waals surface area contributed by atoms with Gasteiger partial charge in [0, 0.05) is 5.54 Å². The maximum Gasteiger partial charge on any atom is 0.134 e. The Morgan fingerprint density at radius 1 is 1.33 bits per heavy atom. The predicted molar refractivity (Wildman–Crippen MR) is 61.7 cm³/mol. The van der Waals surface area contributed by atoms with Gasteiger partial charge in [-0.1, -0.05) is 31.2 Å². The van der Waals surface area contributed by atoms with Crippen molar-refractivity contribution in [2.45, 2.75) is 39.0 Å². The Balaban J connectivity index is 2.11. The highest BCUT2D eigenvalue weighted by molar-refractivity contribution is 5.24. The smallest absolute Gasteiger partial charge is 0.134 e. The van der Waals surface area contributed by atoms with E-state index in [0.29, 0.717) is 0 Å². The summed E-state index contributed by atoms with van der Waals surface area (Å²) in [5.74, 6) is 0. The van der Waals surface area contributed by atoms with Gasteiger partial charge in [-0.15, -0.1) is 0 Å². The fourth-order valence-electron chi connectivity index (χ4n) is 1.84. The Bertz CT molecular complexity index is 329. The van der Waals surface area contributed by atoms with Crippen molar-refractivity contribution >= 4 is 0 Å². The molecule has 1 unspecified atom stereocenters. The number of benzene rings is 1. The second-order valence-electron chi connectivity index (χ2n) is 4.81. The molecular formula is C13H19NO. The molecule has 1 atom stereocenters. The topological polar surface area (TPSA) is 21.3 Å². The molecule has 1 saturated heterocycles. The molecule has 1 aliphatic rings. The molecule has 0 radical (unpaired) electrons. The van der Waals surface area contributed by atoms with E-state index in [1.807, 2.05) is 0 Å². The van der Waals surface area contributed by atoms with Crippen LogP contribution >= 0.6 is 0 Å². The minimum absolute atomic E-state index is 0.0610. The van der Waals surface area contributed by atoms with Crippen LogP contribution in [0.4, 0.5) is 0 Å². The molecular weight excluding hydrogens is 186 g/mol. The molecule has 0 bridgehead atoms. The van der Waals surface area contributed by atoms with Crippen LogP contribution in [0.2, 0.25) is 0 Å². The number of aryl methyl sites for hydroxylation is 1. The summed E-state index contributed by atoms with van der Waals surface area (Å²) in [5.41, 5.74) is 2.68. The van der Waals surface area contributed by atoms with Crippen LogP contribution in [0.15, 0.2) is 24.3 Å². The molecule has 0 aromatic heterocycles. The molecule has 2 heteroatoms. The van der Waals surface area contributed by atoms with E-state index >= 15 is 0 Å². The van der Waals surface area contributed by atoms with Gasteiger partial charge in [0.05, 0.1) is 6.61 Å². The normalized spacial score (nSPS) is 24.3. The van der Waals surface area contributed by atoms with Crippen molar-refractivity contribution in [3.63, 3.8) is 0 Å². The fourth-order valence-corrected chi connectivity index (χ4v) is 1.84. The quantitative estimate of drug-likeness (QED) is 0.801. The molecule has 0 amide bonds. The van der Waals surface area contributed by atoms with Crippen LogP contribution in [-0.4, -0.2) is 12.1 Å². The average Bonchev–Trinajstić information content (AvgIpc) is 2.59. The van der Waals surface area contributed by atoms with E-state index < -0.39 is 0 Å². The summed E-state index contributed by atoms with van der Waals surface area (Å²) in [6, 6.07) is 8.65.